The minimum atomic E-state index is -0.958. The molecule has 0 fully saturated rings. The lowest BCUT2D eigenvalue weighted by Crippen LogP contribution is -2.35. The van der Waals surface area contributed by atoms with E-state index in [1.807, 2.05) is 6.07 Å². The summed E-state index contributed by atoms with van der Waals surface area (Å²) in [5, 5.41) is 18.3. The number of rotatable bonds is 1. The highest BCUT2D eigenvalue weighted by Crippen LogP contribution is 2.42. The number of nitrogens with zero attached hydrogens (tertiary/aromatic N) is 1. The van der Waals surface area contributed by atoms with Gasteiger partial charge in [-0.25, -0.2) is 4.39 Å². The summed E-state index contributed by atoms with van der Waals surface area (Å²) in [6.07, 6.45) is 0. The van der Waals surface area contributed by atoms with Gasteiger partial charge in [0.15, 0.2) is 0 Å². The van der Waals surface area contributed by atoms with Crippen molar-refractivity contribution in [1.82, 2.24) is 4.98 Å². The van der Waals surface area contributed by atoms with Crippen LogP contribution in [0.4, 0.5) is 4.39 Å². The number of aromatic nitrogens is 1. The van der Waals surface area contributed by atoms with Crippen molar-refractivity contribution in [2.24, 2.45) is 5.92 Å². The molecule has 2 N–H and O–H groups in total. The lowest BCUT2D eigenvalue weighted by atomic mass is 9.79. The van der Waals surface area contributed by atoms with Crippen LogP contribution in [0.5, 0.6) is 5.75 Å². The predicted molar refractivity (Wildman–Crippen MR) is 90.3 cm³/mol. The first-order valence-corrected chi connectivity index (χ1v) is 7.66. The predicted octanol–water partition coefficient (Wildman–Crippen LogP) is 3.31. The second-order valence-electron chi connectivity index (χ2n) is 5.84. The molecule has 1 aliphatic heterocycles. The van der Waals surface area contributed by atoms with E-state index in [1.54, 1.807) is 24.3 Å². The average molecular weight is 333 g/mol. The van der Waals surface area contributed by atoms with E-state index in [0.29, 0.717) is 16.5 Å². The molecule has 0 aliphatic carbocycles. The minimum absolute atomic E-state index is 0.222. The van der Waals surface area contributed by atoms with E-state index >= 15 is 0 Å². The van der Waals surface area contributed by atoms with Gasteiger partial charge in [0, 0.05) is 11.3 Å². The van der Waals surface area contributed by atoms with Gasteiger partial charge in [0.2, 0.25) is 5.90 Å². The molecule has 0 spiro atoms. The Labute approximate surface area is 141 Å². The van der Waals surface area contributed by atoms with E-state index in [0.717, 1.165) is 0 Å². The molecule has 0 amide bonds. The fourth-order valence-electron chi connectivity index (χ4n) is 3.27. The molecule has 2 aromatic carbocycles. The largest absolute Gasteiger partial charge is 0.441 e. The van der Waals surface area contributed by atoms with Crippen molar-refractivity contribution in [2.75, 3.05) is 0 Å². The van der Waals surface area contributed by atoms with E-state index in [2.05, 4.69) is 4.98 Å². The van der Waals surface area contributed by atoms with Gasteiger partial charge in [-0.05, 0) is 29.8 Å². The topological polar surface area (TPSA) is 89.7 Å². The molecule has 2 atom stereocenters. The van der Waals surface area contributed by atoms with Crippen molar-refractivity contribution in [3.8, 4) is 11.8 Å². The number of nitriles is 1. The highest BCUT2D eigenvalue weighted by atomic mass is 19.1. The lowest BCUT2D eigenvalue weighted by molar-refractivity contribution is 0.452. The quantitative estimate of drug-likeness (QED) is 0.716. The Bertz CT molecular complexity index is 1100. The van der Waals surface area contributed by atoms with Gasteiger partial charge < -0.3 is 9.72 Å². The molecule has 0 radical (unpaired) electrons. The molecular formula is C19H12FN3O2. The summed E-state index contributed by atoms with van der Waals surface area (Å²) >= 11 is 0. The molecule has 2 heterocycles. The van der Waals surface area contributed by atoms with Gasteiger partial charge in [-0.3, -0.25) is 10.2 Å². The Morgan fingerprint density at radius 1 is 1.16 bits per heavy atom. The fourth-order valence-corrected chi connectivity index (χ4v) is 3.27. The van der Waals surface area contributed by atoms with Crippen LogP contribution < -0.4 is 10.3 Å². The van der Waals surface area contributed by atoms with Gasteiger partial charge in [0.25, 0.3) is 5.56 Å². The van der Waals surface area contributed by atoms with Gasteiger partial charge in [-0.2, -0.15) is 5.26 Å². The number of hydrogen-bond donors (Lipinski definition) is 2. The maximum atomic E-state index is 13.3. The number of nitrogens with one attached hydrogen (secondary N) is 2. The highest BCUT2D eigenvalue weighted by molar-refractivity contribution is 5.93. The number of aromatic amines is 1. The fraction of sp³-hybridized carbons (Fsp3) is 0.105. The van der Waals surface area contributed by atoms with Crippen LogP contribution in [0, 0.1) is 28.5 Å². The third-order valence-electron chi connectivity index (χ3n) is 4.42. The molecule has 25 heavy (non-hydrogen) atoms. The van der Waals surface area contributed by atoms with Gasteiger partial charge >= 0.3 is 0 Å². The lowest BCUT2D eigenvalue weighted by Gasteiger charge is -2.30. The van der Waals surface area contributed by atoms with Crippen molar-refractivity contribution in [3.63, 3.8) is 0 Å². The zero-order valence-electron chi connectivity index (χ0n) is 12.9. The van der Waals surface area contributed by atoms with Crippen molar-refractivity contribution >= 4 is 16.8 Å². The van der Waals surface area contributed by atoms with E-state index in [9.17, 15) is 14.4 Å². The van der Waals surface area contributed by atoms with Crippen molar-refractivity contribution < 1.29 is 9.13 Å². The van der Waals surface area contributed by atoms with Crippen LogP contribution in [0.2, 0.25) is 0 Å². The normalized spacial score (nSPS) is 19.1. The van der Waals surface area contributed by atoms with Gasteiger partial charge in [0.1, 0.15) is 17.5 Å². The average Bonchev–Trinajstić information content (AvgIpc) is 2.61. The molecule has 122 valence electrons. The molecule has 2 unspecified atom stereocenters. The third-order valence-corrected chi connectivity index (χ3v) is 4.42. The molecule has 0 saturated carbocycles. The van der Waals surface area contributed by atoms with Gasteiger partial charge in [0.05, 0.1) is 17.1 Å². The first-order chi connectivity index (χ1) is 12.1. The van der Waals surface area contributed by atoms with E-state index in [1.165, 1.54) is 24.3 Å². The summed E-state index contributed by atoms with van der Waals surface area (Å²) in [4.78, 5) is 15.5. The smallest absolute Gasteiger partial charge is 0.256 e. The standard InChI is InChI=1S/C19H12FN3O2/c20-11-7-5-10(6-8-11)15-13(9-21)18(22)25-17-12-3-1-2-4-14(12)23-19(24)16(15)17/h1-8,13,15,22H,(H,23,24). The number of hydrogen-bond acceptors (Lipinski definition) is 4. The molecule has 0 saturated heterocycles. The second-order valence-corrected chi connectivity index (χ2v) is 5.84. The molecule has 6 heteroatoms. The van der Waals surface area contributed by atoms with Crippen LogP contribution in [0.15, 0.2) is 53.3 Å². The van der Waals surface area contributed by atoms with Crippen molar-refractivity contribution in [3.05, 3.63) is 75.8 Å². The van der Waals surface area contributed by atoms with Crippen LogP contribution >= 0.6 is 0 Å². The molecule has 5 nitrogen and oxygen atoms in total. The molecule has 4 rings (SSSR count). The van der Waals surface area contributed by atoms with Crippen LogP contribution in [-0.4, -0.2) is 10.9 Å². The first-order valence-electron chi connectivity index (χ1n) is 7.66. The van der Waals surface area contributed by atoms with E-state index < -0.39 is 17.7 Å². The SMILES string of the molecule is N#CC1C(=N)Oc2c(c(=O)[nH]c3ccccc23)C1c1ccc(F)cc1. The zero-order valence-corrected chi connectivity index (χ0v) is 12.9. The van der Waals surface area contributed by atoms with E-state index in [4.69, 9.17) is 10.1 Å². The Morgan fingerprint density at radius 2 is 1.88 bits per heavy atom. The first kappa shape index (κ1) is 15.1. The van der Waals surface area contributed by atoms with Gasteiger partial charge in [-0.1, -0.05) is 24.3 Å². The number of halogens is 1. The Balaban J connectivity index is 2.06. The Hall–Kier alpha value is -3.46. The zero-order chi connectivity index (χ0) is 17.6. The maximum Gasteiger partial charge on any atom is 0.256 e. The van der Waals surface area contributed by atoms with Crippen LogP contribution in [-0.2, 0) is 0 Å². The molecule has 3 aromatic rings. The van der Waals surface area contributed by atoms with E-state index in [-0.39, 0.29) is 22.8 Å². The summed E-state index contributed by atoms with van der Waals surface area (Å²) in [5.74, 6) is -2.01. The maximum absolute atomic E-state index is 13.3. The molecule has 1 aliphatic rings. The second kappa shape index (κ2) is 5.56. The number of para-hydroxylation sites is 1. The molecule has 0 bridgehead atoms. The molecular weight excluding hydrogens is 321 g/mol. The number of pyridine rings is 1. The number of benzene rings is 2. The number of H-pyrrole nitrogens is 1. The van der Waals surface area contributed by atoms with Crippen LogP contribution in [0.3, 0.4) is 0 Å². The summed E-state index contributed by atoms with van der Waals surface area (Å²) in [5.41, 5.74) is 1.08. The summed E-state index contributed by atoms with van der Waals surface area (Å²) in [6, 6.07) is 14.8. The van der Waals surface area contributed by atoms with Gasteiger partial charge in [-0.15, -0.1) is 0 Å². The van der Waals surface area contributed by atoms with Crippen molar-refractivity contribution in [2.45, 2.75) is 5.92 Å². The summed E-state index contributed by atoms with van der Waals surface area (Å²) in [6.45, 7) is 0. The number of fused-ring (bicyclic) bond motifs is 3. The Morgan fingerprint density at radius 3 is 2.60 bits per heavy atom. The van der Waals surface area contributed by atoms with Crippen molar-refractivity contribution in [1.29, 1.82) is 10.7 Å². The summed E-state index contributed by atoms with van der Waals surface area (Å²) in [7, 11) is 0. The monoisotopic (exact) mass is 333 g/mol. The van der Waals surface area contributed by atoms with Crippen LogP contribution in [0.1, 0.15) is 17.0 Å². The number of ether oxygens (including phenoxy) is 1. The minimum Gasteiger partial charge on any atom is -0.441 e. The molecule has 1 aromatic heterocycles. The third kappa shape index (κ3) is 2.29. The summed E-state index contributed by atoms with van der Waals surface area (Å²) < 4.78 is 18.9. The Kier molecular flexibility index (Phi) is 3.36. The van der Waals surface area contributed by atoms with Crippen LogP contribution in [0.25, 0.3) is 10.9 Å². The highest BCUT2D eigenvalue weighted by Gasteiger charge is 2.39.